The molecule has 0 fully saturated rings. The molecular weight excluding hydrogens is 745 g/mol. The Morgan fingerprint density at radius 3 is 1.30 bits per heavy atom. The predicted octanol–water partition coefficient (Wildman–Crippen LogP) is 15.4. The van der Waals surface area contributed by atoms with Crippen molar-refractivity contribution in [2.75, 3.05) is 13.2 Å². The van der Waals surface area contributed by atoms with Crippen molar-refractivity contribution in [3.63, 3.8) is 0 Å². The van der Waals surface area contributed by atoms with Crippen molar-refractivity contribution in [3.8, 4) is 0 Å². The van der Waals surface area contributed by atoms with E-state index in [0.29, 0.717) is 6.42 Å². The van der Waals surface area contributed by atoms with Crippen LogP contribution in [0.15, 0.2) is 122 Å². The fraction of sp³-hybridized carbons (Fsp3) is 0.574. The van der Waals surface area contributed by atoms with Gasteiger partial charge in [-0.15, -0.1) is 0 Å². The van der Waals surface area contributed by atoms with Crippen LogP contribution in [0, 0.1) is 0 Å². The van der Waals surface area contributed by atoms with Crippen LogP contribution in [0.4, 0.5) is 0 Å². The lowest BCUT2D eigenvalue weighted by molar-refractivity contribution is -0.166. The van der Waals surface area contributed by atoms with Gasteiger partial charge in [0.05, 0.1) is 6.42 Å². The van der Waals surface area contributed by atoms with Gasteiger partial charge in [0, 0.05) is 12.8 Å². The Hall–Kier alpha value is -4.19. The molecule has 6 nitrogen and oxygen atoms in total. The van der Waals surface area contributed by atoms with E-state index in [1.165, 1.54) is 38.5 Å². The van der Waals surface area contributed by atoms with E-state index >= 15 is 0 Å². The molecule has 60 heavy (non-hydrogen) atoms. The fourth-order valence-electron chi connectivity index (χ4n) is 5.87. The Kier molecular flexibility index (Phi) is 44.2. The van der Waals surface area contributed by atoms with Gasteiger partial charge >= 0.3 is 17.9 Å². The van der Waals surface area contributed by atoms with Crippen LogP contribution < -0.4 is 0 Å². The van der Waals surface area contributed by atoms with Crippen molar-refractivity contribution in [2.24, 2.45) is 0 Å². The number of hydrogen-bond donors (Lipinski definition) is 0. The molecule has 0 radical (unpaired) electrons. The lowest BCUT2D eigenvalue weighted by atomic mass is 10.1. The van der Waals surface area contributed by atoms with E-state index in [1.807, 2.05) is 6.08 Å². The zero-order valence-electron chi connectivity index (χ0n) is 38.2. The lowest BCUT2D eigenvalue weighted by Gasteiger charge is -2.18. The minimum atomic E-state index is -0.832. The quantitative estimate of drug-likeness (QED) is 0.0201. The molecule has 0 aliphatic carbocycles. The maximum atomic E-state index is 12.7. The van der Waals surface area contributed by atoms with Crippen LogP contribution in [0.2, 0.25) is 0 Å². The number of rotatable bonds is 40. The van der Waals surface area contributed by atoms with Gasteiger partial charge in [-0.2, -0.15) is 0 Å². The molecule has 0 aromatic carbocycles. The van der Waals surface area contributed by atoms with Crippen molar-refractivity contribution < 1.29 is 28.6 Å². The van der Waals surface area contributed by atoms with Gasteiger partial charge in [-0.3, -0.25) is 14.4 Å². The Balaban J connectivity index is 4.49. The summed E-state index contributed by atoms with van der Waals surface area (Å²) in [5, 5.41) is 0. The number of esters is 3. The molecule has 0 rings (SSSR count). The molecule has 0 bridgehead atoms. The molecule has 0 aromatic heterocycles. The molecule has 0 aromatic rings. The van der Waals surface area contributed by atoms with Gasteiger partial charge in [-0.05, 0) is 77.0 Å². The molecule has 1 unspecified atom stereocenters. The lowest BCUT2D eigenvalue weighted by Crippen LogP contribution is -2.30. The summed E-state index contributed by atoms with van der Waals surface area (Å²) in [5.74, 6) is -1.10. The van der Waals surface area contributed by atoms with E-state index in [-0.39, 0.29) is 38.0 Å². The van der Waals surface area contributed by atoms with Crippen molar-refractivity contribution >= 4 is 17.9 Å². The summed E-state index contributed by atoms with van der Waals surface area (Å²) in [6, 6.07) is 0. The monoisotopic (exact) mass is 829 g/mol. The maximum Gasteiger partial charge on any atom is 0.309 e. The van der Waals surface area contributed by atoms with E-state index < -0.39 is 12.1 Å². The Morgan fingerprint density at radius 1 is 0.383 bits per heavy atom. The third-order valence-corrected chi connectivity index (χ3v) is 9.37. The predicted molar refractivity (Wildman–Crippen MR) is 256 cm³/mol. The summed E-state index contributed by atoms with van der Waals surface area (Å²) in [6.45, 7) is 6.19. The molecule has 0 aliphatic rings. The SMILES string of the molecule is CC\C=C/C=C\C=C/CCCCCCCCCC(=O)OC(COC(=O)C/C=C\C/C=C\C/C=C\CC)COC(=O)CCCCCCC\C=C/C=C\C=C/C=C\CCCCC. The van der Waals surface area contributed by atoms with Crippen LogP contribution in [-0.2, 0) is 28.6 Å². The second-order valence-electron chi connectivity index (χ2n) is 15.1. The second-order valence-corrected chi connectivity index (χ2v) is 15.1. The highest BCUT2D eigenvalue weighted by Crippen LogP contribution is 2.12. The maximum absolute atomic E-state index is 12.7. The summed E-state index contributed by atoms with van der Waals surface area (Å²) in [5.41, 5.74) is 0. The molecule has 0 aliphatic heterocycles. The highest BCUT2D eigenvalue weighted by atomic mass is 16.6. The minimum absolute atomic E-state index is 0.122. The molecule has 336 valence electrons. The number of allylic oxidation sites excluding steroid dienone is 19. The zero-order valence-corrected chi connectivity index (χ0v) is 38.2. The Morgan fingerprint density at radius 2 is 0.783 bits per heavy atom. The molecule has 1 atom stereocenters. The van der Waals surface area contributed by atoms with Crippen LogP contribution in [0.25, 0.3) is 0 Å². The van der Waals surface area contributed by atoms with E-state index in [2.05, 4.69) is 130 Å². The third-order valence-electron chi connectivity index (χ3n) is 9.37. The van der Waals surface area contributed by atoms with Gasteiger partial charge in [0.25, 0.3) is 0 Å². The number of carbonyl (C=O) groups excluding carboxylic acids is 3. The standard InChI is InChI=1S/C54H84O6/c1-4-7-10-13-16-19-21-23-25-26-27-29-30-32-35-38-41-44-47-53(56)59-50-51(49-58-52(55)46-43-40-37-34-18-15-12-9-6-3)60-54(57)48-45-42-39-36-33-31-28-24-22-20-17-14-11-8-5-2/h8-9,11-12,14,16-23,25-27,29,34,40,43,51H,4-7,10,13,15,24,28,30-33,35-39,41-42,44-50H2,1-3H3/b11-8-,12-9-,17-14-,19-16-,22-20-,23-21-,26-25-,29-27-,34-18-,43-40-. The molecule has 0 heterocycles. The van der Waals surface area contributed by atoms with E-state index in [4.69, 9.17) is 14.2 Å². The van der Waals surface area contributed by atoms with Crippen molar-refractivity contribution in [1.29, 1.82) is 0 Å². The topological polar surface area (TPSA) is 78.9 Å². The average molecular weight is 829 g/mol. The average Bonchev–Trinajstić information content (AvgIpc) is 3.24. The second kappa shape index (κ2) is 47.5. The van der Waals surface area contributed by atoms with Crippen molar-refractivity contribution in [1.82, 2.24) is 0 Å². The summed E-state index contributed by atoms with van der Waals surface area (Å²) >= 11 is 0. The van der Waals surface area contributed by atoms with Crippen LogP contribution in [0.3, 0.4) is 0 Å². The van der Waals surface area contributed by atoms with Gasteiger partial charge in [0.2, 0.25) is 0 Å². The summed E-state index contributed by atoms with van der Waals surface area (Å²) in [4.78, 5) is 37.7. The normalized spacial score (nSPS) is 13.2. The first-order valence-corrected chi connectivity index (χ1v) is 23.6. The molecule has 0 amide bonds. The van der Waals surface area contributed by atoms with Crippen molar-refractivity contribution in [2.45, 2.75) is 187 Å². The highest BCUT2D eigenvalue weighted by molar-refractivity contribution is 5.72. The first-order valence-electron chi connectivity index (χ1n) is 23.6. The number of carbonyl (C=O) groups is 3. The first-order chi connectivity index (χ1) is 29.5. The van der Waals surface area contributed by atoms with E-state index in [0.717, 1.165) is 103 Å². The Bertz CT molecular complexity index is 1320. The molecule has 0 saturated heterocycles. The summed E-state index contributed by atoms with van der Waals surface area (Å²) < 4.78 is 16.6. The molecule has 0 saturated carbocycles. The van der Waals surface area contributed by atoms with Crippen LogP contribution in [-0.4, -0.2) is 37.2 Å². The number of ether oxygens (including phenoxy) is 3. The minimum Gasteiger partial charge on any atom is -0.462 e. The number of unbranched alkanes of at least 4 members (excludes halogenated alkanes) is 15. The molecular formula is C54H84O6. The molecule has 0 spiro atoms. The van der Waals surface area contributed by atoms with E-state index in [9.17, 15) is 14.4 Å². The smallest absolute Gasteiger partial charge is 0.309 e. The van der Waals surface area contributed by atoms with E-state index in [1.54, 1.807) is 6.08 Å². The van der Waals surface area contributed by atoms with Crippen LogP contribution in [0.5, 0.6) is 0 Å². The summed E-state index contributed by atoms with van der Waals surface area (Å²) in [6.07, 6.45) is 64.9. The van der Waals surface area contributed by atoms with Crippen LogP contribution in [0.1, 0.15) is 181 Å². The molecule has 0 N–H and O–H groups in total. The third kappa shape index (κ3) is 44.9. The fourth-order valence-corrected chi connectivity index (χ4v) is 5.87. The van der Waals surface area contributed by atoms with Gasteiger partial charge in [0.15, 0.2) is 6.10 Å². The highest BCUT2D eigenvalue weighted by Gasteiger charge is 2.19. The largest absolute Gasteiger partial charge is 0.462 e. The number of hydrogen-bond acceptors (Lipinski definition) is 6. The van der Waals surface area contributed by atoms with Crippen molar-refractivity contribution in [3.05, 3.63) is 122 Å². The van der Waals surface area contributed by atoms with Gasteiger partial charge in [0.1, 0.15) is 13.2 Å². The molecule has 6 heteroatoms. The van der Waals surface area contributed by atoms with Gasteiger partial charge in [-0.25, -0.2) is 0 Å². The van der Waals surface area contributed by atoms with Crippen LogP contribution >= 0.6 is 0 Å². The van der Waals surface area contributed by atoms with Gasteiger partial charge in [-0.1, -0.05) is 206 Å². The summed E-state index contributed by atoms with van der Waals surface area (Å²) in [7, 11) is 0. The Labute approximate surface area is 367 Å². The van der Waals surface area contributed by atoms with Gasteiger partial charge < -0.3 is 14.2 Å². The first kappa shape index (κ1) is 55.8. The zero-order chi connectivity index (χ0) is 43.7.